The zero-order valence-electron chi connectivity index (χ0n) is 9.95. The number of benzene rings is 1. The van der Waals surface area contributed by atoms with Crippen LogP contribution in [-0.2, 0) is 4.79 Å². The molecule has 1 aromatic heterocycles. The van der Waals surface area contributed by atoms with Crippen molar-refractivity contribution in [3.63, 3.8) is 0 Å². The number of hydrogen-bond donors (Lipinski definition) is 2. The molecule has 0 saturated heterocycles. The maximum Gasteiger partial charge on any atom is 0.331 e. The van der Waals surface area contributed by atoms with Crippen molar-refractivity contribution >= 4 is 40.3 Å². The minimum atomic E-state index is -1.11. The Hall–Kier alpha value is -2.12. The molecule has 0 bridgehead atoms. The maximum absolute atomic E-state index is 11.3. The highest BCUT2D eigenvalue weighted by Gasteiger charge is 2.24. The van der Waals surface area contributed by atoms with Gasteiger partial charge in [-0.05, 0) is 23.6 Å². The summed E-state index contributed by atoms with van der Waals surface area (Å²) < 4.78 is 0. The van der Waals surface area contributed by atoms with Crippen molar-refractivity contribution < 1.29 is 14.8 Å². The summed E-state index contributed by atoms with van der Waals surface area (Å²) in [5, 5.41) is 24.8. The molecule has 1 heterocycles. The standard InChI is InChI=1S/C12H9ClN2O4S/c13-7-3-4-8(9(6-7)15(18)19)14-11(12(16)17)10-2-1-5-20-10/h1-6,11,14H,(H,16,17). The minimum Gasteiger partial charge on any atom is -0.479 e. The Morgan fingerprint density at radius 1 is 1.45 bits per heavy atom. The molecule has 0 radical (unpaired) electrons. The fourth-order valence-electron chi connectivity index (χ4n) is 1.64. The first kappa shape index (κ1) is 14.3. The molecule has 2 N–H and O–H groups in total. The lowest BCUT2D eigenvalue weighted by Crippen LogP contribution is -2.20. The van der Waals surface area contributed by atoms with Gasteiger partial charge in [0, 0.05) is 16.0 Å². The molecule has 0 fully saturated rings. The molecule has 0 spiro atoms. The first-order valence-corrected chi connectivity index (χ1v) is 6.71. The van der Waals surface area contributed by atoms with E-state index in [-0.39, 0.29) is 16.4 Å². The fourth-order valence-corrected chi connectivity index (χ4v) is 2.58. The first-order valence-electron chi connectivity index (χ1n) is 5.45. The molecule has 2 aromatic rings. The second kappa shape index (κ2) is 5.89. The molecule has 1 aromatic carbocycles. The molecule has 1 unspecified atom stereocenters. The van der Waals surface area contributed by atoms with Crippen LogP contribution < -0.4 is 5.32 Å². The third-order valence-corrected chi connectivity index (χ3v) is 3.70. The molecular formula is C12H9ClN2O4S. The number of rotatable bonds is 5. The van der Waals surface area contributed by atoms with Crippen LogP contribution in [0.3, 0.4) is 0 Å². The Kier molecular flexibility index (Phi) is 4.21. The van der Waals surface area contributed by atoms with Gasteiger partial charge in [-0.3, -0.25) is 10.1 Å². The molecule has 0 aliphatic rings. The monoisotopic (exact) mass is 312 g/mol. The number of anilines is 1. The van der Waals surface area contributed by atoms with Gasteiger partial charge in [-0.1, -0.05) is 17.7 Å². The summed E-state index contributed by atoms with van der Waals surface area (Å²) in [6, 6.07) is 6.35. The molecule has 20 heavy (non-hydrogen) atoms. The van der Waals surface area contributed by atoms with E-state index < -0.39 is 16.9 Å². The third kappa shape index (κ3) is 3.06. The quantitative estimate of drug-likeness (QED) is 0.650. The van der Waals surface area contributed by atoms with Gasteiger partial charge < -0.3 is 10.4 Å². The number of halogens is 1. The van der Waals surface area contributed by atoms with Gasteiger partial charge in [0.25, 0.3) is 5.69 Å². The Morgan fingerprint density at radius 3 is 2.75 bits per heavy atom. The van der Waals surface area contributed by atoms with E-state index in [1.165, 1.54) is 29.5 Å². The van der Waals surface area contributed by atoms with Crippen molar-refractivity contribution in [1.82, 2.24) is 0 Å². The van der Waals surface area contributed by atoms with Crippen molar-refractivity contribution in [1.29, 1.82) is 0 Å². The Bertz CT molecular complexity index is 645. The number of nitrogens with zero attached hydrogens (tertiary/aromatic N) is 1. The predicted molar refractivity (Wildman–Crippen MR) is 76.4 cm³/mol. The number of hydrogen-bond acceptors (Lipinski definition) is 5. The Balaban J connectivity index is 2.37. The summed E-state index contributed by atoms with van der Waals surface area (Å²) >= 11 is 6.97. The highest BCUT2D eigenvalue weighted by molar-refractivity contribution is 7.10. The molecule has 1 atom stereocenters. The third-order valence-electron chi connectivity index (χ3n) is 2.53. The topological polar surface area (TPSA) is 92.5 Å². The van der Waals surface area contributed by atoms with E-state index in [0.717, 1.165) is 0 Å². The van der Waals surface area contributed by atoms with Crippen LogP contribution in [0.4, 0.5) is 11.4 Å². The zero-order valence-corrected chi connectivity index (χ0v) is 11.5. The second-order valence-electron chi connectivity index (χ2n) is 3.85. The van der Waals surface area contributed by atoms with Crippen molar-refractivity contribution in [3.8, 4) is 0 Å². The van der Waals surface area contributed by atoms with Crippen LogP contribution in [0.25, 0.3) is 0 Å². The summed E-state index contributed by atoms with van der Waals surface area (Å²) in [6.07, 6.45) is 0. The molecule has 6 nitrogen and oxygen atoms in total. The van der Waals surface area contributed by atoms with E-state index in [1.54, 1.807) is 17.5 Å². The van der Waals surface area contributed by atoms with Crippen LogP contribution in [0.2, 0.25) is 5.02 Å². The predicted octanol–water partition coefficient (Wildman–Crippen LogP) is 3.55. The van der Waals surface area contributed by atoms with Crippen LogP contribution in [0.15, 0.2) is 35.7 Å². The smallest absolute Gasteiger partial charge is 0.331 e. The van der Waals surface area contributed by atoms with Crippen LogP contribution in [0, 0.1) is 10.1 Å². The largest absolute Gasteiger partial charge is 0.479 e. The average molecular weight is 313 g/mol. The molecule has 0 aliphatic heterocycles. The van der Waals surface area contributed by atoms with Crippen molar-refractivity contribution in [2.45, 2.75) is 6.04 Å². The van der Waals surface area contributed by atoms with Gasteiger partial charge in [-0.15, -0.1) is 11.3 Å². The van der Waals surface area contributed by atoms with Crippen LogP contribution >= 0.6 is 22.9 Å². The molecular weight excluding hydrogens is 304 g/mol. The number of nitrogens with one attached hydrogen (secondary N) is 1. The van der Waals surface area contributed by atoms with E-state index in [0.29, 0.717) is 4.88 Å². The number of aliphatic carboxylic acids is 1. The van der Waals surface area contributed by atoms with E-state index in [4.69, 9.17) is 11.6 Å². The zero-order chi connectivity index (χ0) is 14.7. The average Bonchev–Trinajstić information content (AvgIpc) is 2.90. The summed E-state index contributed by atoms with van der Waals surface area (Å²) in [4.78, 5) is 22.2. The van der Waals surface area contributed by atoms with Gasteiger partial charge in [-0.25, -0.2) is 4.79 Å². The SMILES string of the molecule is O=C(O)C(Nc1ccc(Cl)cc1[N+](=O)[O-])c1cccs1. The lowest BCUT2D eigenvalue weighted by Gasteiger charge is -2.14. The number of thiophene rings is 1. The lowest BCUT2D eigenvalue weighted by molar-refractivity contribution is -0.384. The molecule has 0 aliphatic carbocycles. The van der Waals surface area contributed by atoms with E-state index >= 15 is 0 Å². The van der Waals surface area contributed by atoms with Gasteiger partial charge in [0.15, 0.2) is 6.04 Å². The van der Waals surface area contributed by atoms with Crippen molar-refractivity contribution in [2.75, 3.05) is 5.32 Å². The van der Waals surface area contributed by atoms with Crippen molar-refractivity contribution in [3.05, 3.63) is 55.7 Å². The molecule has 2 rings (SSSR count). The lowest BCUT2D eigenvalue weighted by atomic mass is 10.2. The number of carboxylic acids is 1. The highest BCUT2D eigenvalue weighted by Crippen LogP contribution is 2.32. The van der Waals surface area contributed by atoms with Gasteiger partial charge in [-0.2, -0.15) is 0 Å². The molecule has 104 valence electrons. The van der Waals surface area contributed by atoms with Gasteiger partial charge >= 0.3 is 5.97 Å². The summed E-state index contributed by atoms with van der Waals surface area (Å²) in [6.45, 7) is 0. The fraction of sp³-hybridized carbons (Fsp3) is 0.0833. The van der Waals surface area contributed by atoms with E-state index in [9.17, 15) is 20.0 Å². The van der Waals surface area contributed by atoms with E-state index in [1.807, 2.05) is 0 Å². The van der Waals surface area contributed by atoms with Crippen molar-refractivity contribution in [2.24, 2.45) is 0 Å². The molecule has 8 heteroatoms. The summed E-state index contributed by atoms with van der Waals surface area (Å²) in [5.41, 5.74) is -0.152. The van der Waals surface area contributed by atoms with Gasteiger partial charge in [0.05, 0.1) is 4.92 Å². The summed E-state index contributed by atoms with van der Waals surface area (Å²) in [5.74, 6) is -1.11. The molecule has 0 saturated carbocycles. The van der Waals surface area contributed by atoms with Crippen LogP contribution in [0.1, 0.15) is 10.9 Å². The number of carbonyl (C=O) groups is 1. The first-order chi connectivity index (χ1) is 9.49. The normalized spacial score (nSPS) is 11.8. The minimum absolute atomic E-state index is 0.111. The van der Waals surface area contributed by atoms with E-state index in [2.05, 4.69) is 5.32 Å². The Morgan fingerprint density at radius 2 is 2.20 bits per heavy atom. The molecule has 0 amide bonds. The number of carboxylic acid groups (broad SMARTS) is 1. The maximum atomic E-state index is 11.3. The highest BCUT2D eigenvalue weighted by atomic mass is 35.5. The van der Waals surface area contributed by atoms with Gasteiger partial charge in [0.1, 0.15) is 5.69 Å². The van der Waals surface area contributed by atoms with Gasteiger partial charge in [0.2, 0.25) is 0 Å². The number of nitro benzene ring substituents is 1. The Labute approximate surface area is 122 Å². The van der Waals surface area contributed by atoms with Crippen LogP contribution in [0.5, 0.6) is 0 Å². The number of nitro groups is 1. The van der Waals surface area contributed by atoms with Crippen LogP contribution in [-0.4, -0.2) is 16.0 Å². The summed E-state index contributed by atoms with van der Waals surface area (Å²) in [7, 11) is 0. The second-order valence-corrected chi connectivity index (χ2v) is 5.27.